The third-order valence-electron chi connectivity index (χ3n) is 4.95. The van der Waals surface area contributed by atoms with Gasteiger partial charge in [-0.05, 0) is 96.9 Å². The van der Waals surface area contributed by atoms with Gasteiger partial charge in [0.1, 0.15) is 5.75 Å². The number of aryl methyl sites for hydroxylation is 1. The van der Waals surface area contributed by atoms with E-state index in [-0.39, 0.29) is 11.8 Å². The Kier molecular flexibility index (Phi) is 6.53. The Morgan fingerprint density at radius 3 is 2.69 bits per heavy atom. The van der Waals surface area contributed by atoms with E-state index < -0.39 is 0 Å². The van der Waals surface area contributed by atoms with Gasteiger partial charge < -0.3 is 10.1 Å². The first-order chi connectivity index (χ1) is 12.5. The zero-order valence-corrected chi connectivity index (χ0v) is 17.5. The van der Waals surface area contributed by atoms with Crippen LogP contribution in [0.5, 0.6) is 5.75 Å². The molecule has 1 aliphatic heterocycles. The summed E-state index contributed by atoms with van der Waals surface area (Å²) in [4.78, 5) is 15.0. The lowest BCUT2D eigenvalue weighted by atomic mass is 9.95. The Labute approximate surface area is 169 Å². The number of methoxy groups -OCH3 is 1. The Morgan fingerprint density at radius 1 is 1.23 bits per heavy atom. The predicted molar refractivity (Wildman–Crippen MR) is 114 cm³/mol. The van der Waals surface area contributed by atoms with Crippen molar-refractivity contribution in [2.75, 3.05) is 25.5 Å². The molecule has 1 saturated heterocycles. The molecule has 138 valence electrons. The van der Waals surface area contributed by atoms with Crippen molar-refractivity contribution in [1.82, 2.24) is 4.90 Å². The second-order valence-electron chi connectivity index (χ2n) is 6.85. The summed E-state index contributed by atoms with van der Waals surface area (Å²) in [6.45, 7) is 4.83. The molecular weight excluding hydrogens is 439 g/mol. The van der Waals surface area contributed by atoms with Gasteiger partial charge in [0, 0.05) is 21.7 Å². The van der Waals surface area contributed by atoms with E-state index in [0.29, 0.717) is 0 Å². The van der Waals surface area contributed by atoms with Gasteiger partial charge in [0.05, 0.1) is 7.11 Å². The molecular formula is C21H25IN2O2. The molecule has 2 aromatic rings. The molecule has 0 saturated carbocycles. The lowest BCUT2D eigenvalue weighted by Crippen LogP contribution is -2.37. The van der Waals surface area contributed by atoms with Gasteiger partial charge in [-0.25, -0.2) is 0 Å². The first-order valence-corrected chi connectivity index (χ1v) is 10.1. The number of likely N-dealkylation sites (tertiary alicyclic amines) is 1. The highest BCUT2D eigenvalue weighted by atomic mass is 127. The highest BCUT2D eigenvalue weighted by Gasteiger charge is 2.25. The largest absolute Gasteiger partial charge is 0.497 e. The maximum atomic E-state index is 12.6. The molecule has 0 unspecified atom stereocenters. The van der Waals surface area contributed by atoms with Crippen LogP contribution in [0.1, 0.15) is 24.0 Å². The summed E-state index contributed by atoms with van der Waals surface area (Å²) in [5.74, 6) is 1.13. The van der Waals surface area contributed by atoms with Crippen molar-refractivity contribution in [3.63, 3.8) is 0 Å². The minimum Gasteiger partial charge on any atom is -0.497 e. The fraction of sp³-hybridized carbons (Fsp3) is 0.381. The zero-order valence-electron chi connectivity index (χ0n) is 15.3. The van der Waals surface area contributed by atoms with Gasteiger partial charge in [0.2, 0.25) is 5.91 Å². The number of halogens is 1. The van der Waals surface area contributed by atoms with E-state index in [1.807, 2.05) is 31.2 Å². The second kappa shape index (κ2) is 8.86. The Balaban J connectivity index is 1.52. The molecule has 26 heavy (non-hydrogen) atoms. The van der Waals surface area contributed by atoms with E-state index in [9.17, 15) is 4.79 Å². The predicted octanol–water partition coefficient (Wildman–Crippen LogP) is 4.46. The van der Waals surface area contributed by atoms with Crippen molar-refractivity contribution < 1.29 is 9.53 Å². The monoisotopic (exact) mass is 464 g/mol. The third-order valence-corrected chi connectivity index (χ3v) is 5.62. The molecule has 0 atom stereocenters. The molecule has 1 fully saturated rings. The van der Waals surface area contributed by atoms with Crippen LogP contribution in [0.3, 0.4) is 0 Å². The number of nitrogens with one attached hydrogen (secondary N) is 1. The lowest BCUT2D eigenvalue weighted by Gasteiger charge is -2.31. The topological polar surface area (TPSA) is 41.6 Å². The maximum absolute atomic E-state index is 12.6. The van der Waals surface area contributed by atoms with Crippen LogP contribution in [0.15, 0.2) is 42.5 Å². The fourth-order valence-electron chi connectivity index (χ4n) is 3.38. The fourth-order valence-corrected chi connectivity index (χ4v) is 4.03. The van der Waals surface area contributed by atoms with E-state index in [1.165, 1.54) is 9.13 Å². The van der Waals surface area contributed by atoms with Gasteiger partial charge in [-0.2, -0.15) is 0 Å². The average molecular weight is 464 g/mol. The summed E-state index contributed by atoms with van der Waals surface area (Å²) in [7, 11) is 1.69. The van der Waals surface area contributed by atoms with E-state index in [4.69, 9.17) is 4.74 Å². The van der Waals surface area contributed by atoms with Crippen molar-refractivity contribution in [3.05, 3.63) is 57.2 Å². The SMILES string of the molecule is COc1cccc(CN2CCC(C(=O)Nc3ccc(I)cc3C)CC2)c1. The summed E-state index contributed by atoms with van der Waals surface area (Å²) < 4.78 is 6.48. The summed E-state index contributed by atoms with van der Waals surface area (Å²) >= 11 is 2.29. The molecule has 1 amide bonds. The smallest absolute Gasteiger partial charge is 0.227 e. The minimum absolute atomic E-state index is 0.0928. The Bertz CT molecular complexity index is 770. The number of hydrogen-bond donors (Lipinski definition) is 1. The number of amides is 1. The minimum atomic E-state index is 0.0928. The number of benzene rings is 2. The van der Waals surface area contributed by atoms with Crippen molar-refractivity contribution in [1.29, 1.82) is 0 Å². The first kappa shape index (κ1) is 19.2. The molecule has 4 nitrogen and oxygen atoms in total. The number of anilines is 1. The molecule has 0 spiro atoms. The van der Waals surface area contributed by atoms with Gasteiger partial charge in [-0.1, -0.05) is 12.1 Å². The number of ether oxygens (including phenoxy) is 1. The molecule has 1 N–H and O–H groups in total. The summed E-state index contributed by atoms with van der Waals surface area (Å²) in [6, 6.07) is 14.3. The van der Waals surface area contributed by atoms with Gasteiger partial charge >= 0.3 is 0 Å². The number of piperidine rings is 1. The van der Waals surface area contributed by atoms with Gasteiger partial charge in [0.15, 0.2) is 0 Å². The van der Waals surface area contributed by atoms with Crippen LogP contribution >= 0.6 is 22.6 Å². The lowest BCUT2D eigenvalue weighted by molar-refractivity contribution is -0.121. The van der Waals surface area contributed by atoms with Crippen molar-refractivity contribution in [2.24, 2.45) is 5.92 Å². The maximum Gasteiger partial charge on any atom is 0.227 e. The molecule has 3 rings (SSSR count). The number of nitrogens with zero attached hydrogens (tertiary/aromatic N) is 1. The average Bonchev–Trinajstić information content (AvgIpc) is 2.64. The van der Waals surface area contributed by atoms with E-state index in [0.717, 1.165) is 49.5 Å². The van der Waals surface area contributed by atoms with Crippen molar-refractivity contribution in [2.45, 2.75) is 26.3 Å². The number of carbonyl (C=O) groups excluding carboxylic acids is 1. The molecule has 0 radical (unpaired) electrons. The molecule has 1 aliphatic rings. The normalized spacial score (nSPS) is 15.7. The second-order valence-corrected chi connectivity index (χ2v) is 8.10. The molecule has 1 heterocycles. The van der Waals surface area contributed by atoms with Crippen LogP contribution in [0.2, 0.25) is 0 Å². The van der Waals surface area contributed by atoms with E-state index >= 15 is 0 Å². The summed E-state index contributed by atoms with van der Waals surface area (Å²) in [5.41, 5.74) is 3.29. The van der Waals surface area contributed by atoms with Gasteiger partial charge in [-0.15, -0.1) is 0 Å². The van der Waals surface area contributed by atoms with Crippen LogP contribution in [0.4, 0.5) is 5.69 Å². The number of carbonyl (C=O) groups is 1. The van der Waals surface area contributed by atoms with E-state index in [2.05, 4.69) is 51.0 Å². The van der Waals surface area contributed by atoms with Crippen LogP contribution in [-0.4, -0.2) is 31.0 Å². The highest BCUT2D eigenvalue weighted by Crippen LogP contribution is 2.24. The molecule has 0 aromatic heterocycles. The van der Waals surface area contributed by atoms with Crippen molar-refractivity contribution >= 4 is 34.2 Å². The Hall–Kier alpha value is -1.60. The molecule has 0 bridgehead atoms. The standard InChI is InChI=1S/C21H25IN2O2/c1-15-12-18(22)6-7-20(15)23-21(25)17-8-10-24(11-9-17)14-16-4-3-5-19(13-16)26-2/h3-7,12-13,17H,8-11,14H2,1-2H3,(H,23,25). The molecule has 0 aliphatic carbocycles. The van der Waals surface area contributed by atoms with E-state index in [1.54, 1.807) is 7.11 Å². The van der Waals surface area contributed by atoms with Gasteiger partial charge in [0.25, 0.3) is 0 Å². The number of rotatable bonds is 5. The summed E-state index contributed by atoms with van der Waals surface area (Å²) in [6.07, 6.45) is 1.80. The quantitative estimate of drug-likeness (QED) is 0.665. The third kappa shape index (κ3) is 4.98. The molecule has 5 heteroatoms. The first-order valence-electron chi connectivity index (χ1n) is 8.97. The number of hydrogen-bond acceptors (Lipinski definition) is 3. The van der Waals surface area contributed by atoms with Crippen LogP contribution in [0.25, 0.3) is 0 Å². The van der Waals surface area contributed by atoms with Crippen LogP contribution in [-0.2, 0) is 11.3 Å². The molecule has 2 aromatic carbocycles. The highest BCUT2D eigenvalue weighted by molar-refractivity contribution is 14.1. The van der Waals surface area contributed by atoms with Crippen LogP contribution < -0.4 is 10.1 Å². The van der Waals surface area contributed by atoms with Gasteiger partial charge in [-0.3, -0.25) is 9.69 Å². The summed E-state index contributed by atoms with van der Waals surface area (Å²) in [5, 5.41) is 3.11. The Morgan fingerprint density at radius 2 is 2.00 bits per heavy atom. The van der Waals surface area contributed by atoms with Crippen molar-refractivity contribution in [3.8, 4) is 5.75 Å². The van der Waals surface area contributed by atoms with Crippen LogP contribution in [0, 0.1) is 16.4 Å². The zero-order chi connectivity index (χ0) is 18.5.